The molecule has 0 aliphatic rings. The van der Waals surface area contributed by atoms with E-state index >= 15 is 0 Å². The minimum absolute atomic E-state index is 0.0279. The molecular formula is C10H15N3O. The van der Waals surface area contributed by atoms with Crippen molar-refractivity contribution in [2.24, 2.45) is 5.92 Å². The summed E-state index contributed by atoms with van der Waals surface area (Å²) in [6.07, 6.45) is 1.42. The summed E-state index contributed by atoms with van der Waals surface area (Å²) in [6.45, 7) is 3.72. The number of aromatic nitrogens is 2. The Balaban J connectivity index is 3.00. The number of nitrogens with zero attached hydrogens (tertiary/aromatic N) is 3. The molecular weight excluding hydrogens is 178 g/mol. The fraction of sp³-hybridized carbons (Fsp3) is 0.500. The predicted molar refractivity (Wildman–Crippen MR) is 55.5 cm³/mol. The van der Waals surface area contributed by atoms with Gasteiger partial charge in [-0.15, -0.1) is 0 Å². The van der Waals surface area contributed by atoms with Crippen LogP contribution in [0.4, 0.5) is 5.82 Å². The van der Waals surface area contributed by atoms with Gasteiger partial charge in [0.25, 0.3) is 0 Å². The van der Waals surface area contributed by atoms with Gasteiger partial charge < -0.3 is 4.90 Å². The van der Waals surface area contributed by atoms with Crippen LogP contribution in [0.15, 0.2) is 12.4 Å². The van der Waals surface area contributed by atoms with Crippen LogP contribution in [0, 0.1) is 5.92 Å². The molecule has 4 nitrogen and oxygen atoms in total. The molecule has 76 valence electrons. The zero-order chi connectivity index (χ0) is 10.7. The van der Waals surface area contributed by atoms with Crippen molar-refractivity contribution in [3.63, 3.8) is 0 Å². The number of carbonyl (C=O) groups is 1. The Hall–Kier alpha value is -1.45. The van der Waals surface area contributed by atoms with Gasteiger partial charge in [0.15, 0.2) is 5.78 Å². The second-order valence-corrected chi connectivity index (χ2v) is 3.67. The smallest absolute Gasteiger partial charge is 0.183 e. The molecule has 0 radical (unpaired) electrons. The average Bonchev–Trinajstić information content (AvgIpc) is 2.16. The molecule has 0 N–H and O–H groups in total. The third-order valence-electron chi connectivity index (χ3n) is 1.89. The maximum absolute atomic E-state index is 11.6. The monoisotopic (exact) mass is 193 g/mol. The Labute approximate surface area is 84.0 Å². The van der Waals surface area contributed by atoms with E-state index < -0.39 is 0 Å². The van der Waals surface area contributed by atoms with Crippen molar-refractivity contribution in [3.05, 3.63) is 18.1 Å². The second kappa shape index (κ2) is 4.17. The molecule has 0 saturated carbocycles. The lowest BCUT2D eigenvalue weighted by Crippen LogP contribution is -2.14. The summed E-state index contributed by atoms with van der Waals surface area (Å²) in [4.78, 5) is 21.5. The van der Waals surface area contributed by atoms with Gasteiger partial charge in [0, 0.05) is 26.1 Å². The normalized spacial score (nSPS) is 10.4. The molecule has 0 saturated heterocycles. The van der Waals surface area contributed by atoms with Crippen LogP contribution in [0.25, 0.3) is 0 Å². The lowest BCUT2D eigenvalue weighted by atomic mass is 10.1. The van der Waals surface area contributed by atoms with Gasteiger partial charge in [-0.2, -0.15) is 0 Å². The van der Waals surface area contributed by atoms with Gasteiger partial charge in [0.2, 0.25) is 0 Å². The van der Waals surface area contributed by atoms with E-state index in [1.54, 1.807) is 6.07 Å². The Morgan fingerprint density at radius 2 is 2.00 bits per heavy atom. The molecule has 0 aromatic carbocycles. The molecule has 1 aromatic rings. The predicted octanol–water partition coefficient (Wildman–Crippen LogP) is 1.38. The lowest BCUT2D eigenvalue weighted by Gasteiger charge is -2.11. The largest absolute Gasteiger partial charge is 0.363 e. The van der Waals surface area contributed by atoms with Crippen molar-refractivity contribution in [2.45, 2.75) is 13.8 Å². The van der Waals surface area contributed by atoms with E-state index in [2.05, 4.69) is 9.97 Å². The van der Waals surface area contributed by atoms with Crippen LogP contribution in [-0.2, 0) is 0 Å². The number of Topliss-reactive ketones (excluding diaryl/α,β-unsaturated/α-hetero) is 1. The topological polar surface area (TPSA) is 46.1 Å². The number of anilines is 1. The van der Waals surface area contributed by atoms with E-state index in [1.165, 1.54) is 6.33 Å². The third-order valence-corrected chi connectivity index (χ3v) is 1.89. The van der Waals surface area contributed by atoms with Gasteiger partial charge in [-0.25, -0.2) is 9.97 Å². The van der Waals surface area contributed by atoms with E-state index in [0.29, 0.717) is 5.69 Å². The maximum Gasteiger partial charge on any atom is 0.183 e. The van der Waals surface area contributed by atoms with Crippen LogP contribution in [-0.4, -0.2) is 29.8 Å². The van der Waals surface area contributed by atoms with Gasteiger partial charge in [0.1, 0.15) is 17.8 Å². The van der Waals surface area contributed by atoms with Gasteiger partial charge in [-0.05, 0) is 0 Å². The van der Waals surface area contributed by atoms with Crippen LogP contribution >= 0.6 is 0 Å². The highest BCUT2D eigenvalue weighted by Gasteiger charge is 2.12. The molecule has 0 amide bonds. The minimum Gasteiger partial charge on any atom is -0.363 e. The Morgan fingerprint density at radius 1 is 1.36 bits per heavy atom. The molecule has 0 unspecified atom stereocenters. The Kier molecular flexibility index (Phi) is 3.17. The van der Waals surface area contributed by atoms with E-state index in [4.69, 9.17) is 0 Å². The van der Waals surface area contributed by atoms with Crippen LogP contribution in [0.2, 0.25) is 0 Å². The van der Waals surface area contributed by atoms with Gasteiger partial charge in [-0.3, -0.25) is 4.79 Å². The van der Waals surface area contributed by atoms with Crippen molar-refractivity contribution in [2.75, 3.05) is 19.0 Å². The number of hydrogen-bond donors (Lipinski definition) is 0. The summed E-state index contributed by atoms with van der Waals surface area (Å²) in [5.41, 5.74) is 0.485. The summed E-state index contributed by atoms with van der Waals surface area (Å²) in [5, 5.41) is 0. The van der Waals surface area contributed by atoms with Crippen LogP contribution < -0.4 is 4.90 Å². The van der Waals surface area contributed by atoms with Gasteiger partial charge >= 0.3 is 0 Å². The number of rotatable bonds is 3. The SMILES string of the molecule is CC(C)C(=O)c1cc(N(C)C)ncn1. The molecule has 0 aliphatic heterocycles. The first kappa shape index (κ1) is 10.6. The summed E-state index contributed by atoms with van der Waals surface area (Å²) in [6, 6.07) is 1.71. The first-order valence-corrected chi connectivity index (χ1v) is 4.56. The van der Waals surface area contributed by atoms with Gasteiger partial charge in [0.05, 0.1) is 0 Å². The lowest BCUT2D eigenvalue weighted by molar-refractivity contribution is 0.0934. The van der Waals surface area contributed by atoms with Crippen LogP contribution in [0.5, 0.6) is 0 Å². The van der Waals surface area contributed by atoms with E-state index in [9.17, 15) is 4.79 Å². The van der Waals surface area contributed by atoms with Crippen molar-refractivity contribution < 1.29 is 4.79 Å². The summed E-state index contributed by atoms with van der Waals surface area (Å²) < 4.78 is 0. The maximum atomic E-state index is 11.6. The summed E-state index contributed by atoms with van der Waals surface area (Å²) in [7, 11) is 3.76. The molecule has 1 heterocycles. The third kappa shape index (κ3) is 2.28. The van der Waals surface area contributed by atoms with Crippen molar-refractivity contribution in [1.29, 1.82) is 0 Å². The van der Waals surface area contributed by atoms with Crippen LogP contribution in [0.3, 0.4) is 0 Å². The molecule has 0 aliphatic carbocycles. The fourth-order valence-electron chi connectivity index (χ4n) is 1.02. The van der Waals surface area contributed by atoms with Gasteiger partial charge in [-0.1, -0.05) is 13.8 Å². The highest BCUT2D eigenvalue weighted by Crippen LogP contribution is 2.10. The number of hydrogen-bond acceptors (Lipinski definition) is 4. The molecule has 0 spiro atoms. The first-order chi connectivity index (χ1) is 6.52. The zero-order valence-electron chi connectivity index (χ0n) is 8.98. The molecule has 1 aromatic heterocycles. The highest BCUT2D eigenvalue weighted by molar-refractivity contribution is 5.96. The summed E-state index contributed by atoms with van der Waals surface area (Å²) in [5.74, 6) is 0.777. The van der Waals surface area contributed by atoms with Crippen molar-refractivity contribution in [3.8, 4) is 0 Å². The Bertz CT molecular complexity index is 334. The summed E-state index contributed by atoms with van der Waals surface area (Å²) >= 11 is 0. The van der Waals surface area contributed by atoms with E-state index in [0.717, 1.165) is 5.82 Å². The minimum atomic E-state index is -0.0279. The molecule has 0 fully saturated rings. The number of ketones is 1. The molecule has 1 rings (SSSR count). The molecule has 0 atom stereocenters. The standard InChI is InChI=1S/C10H15N3O/c1-7(2)10(14)8-5-9(13(3)4)12-6-11-8/h5-7H,1-4H3. The van der Waals surface area contributed by atoms with Crippen LogP contribution in [0.1, 0.15) is 24.3 Å². The van der Waals surface area contributed by atoms with Crippen molar-refractivity contribution in [1.82, 2.24) is 9.97 Å². The fourth-order valence-corrected chi connectivity index (χ4v) is 1.02. The molecule has 0 bridgehead atoms. The molecule has 14 heavy (non-hydrogen) atoms. The average molecular weight is 193 g/mol. The zero-order valence-corrected chi connectivity index (χ0v) is 8.98. The molecule has 4 heteroatoms. The van der Waals surface area contributed by atoms with Crippen molar-refractivity contribution >= 4 is 11.6 Å². The number of carbonyl (C=O) groups excluding carboxylic acids is 1. The first-order valence-electron chi connectivity index (χ1n) is 4.56. The quantitative estimate of drug-likeness (QED) is 0.680. The Morgan fingerprint density at radius 3 is 2.50 bits per heavy atom. The van der Waals surface area contributed by atoms with E-state index in [-0.39, 0.29) is 11.7 Å². The second-order valence-electron chi connectivity index (χ2n) is 3.67. The highest BCUT2D eigenvalue weighted by atomic mass is 16.1. The van der Waals surface area contributed by atoms with E-state index in [1.807, 2.05) is 32.8 Å².